The number of nitrogens with two attached hydrogens (primary N) is 2. The van der Waals surface area contributed by atoms with E-state index < -0.39 is 11.7 Å². The van der Waals surface area contributed by atoms with Crippen LogP contribution in [0.5, 0.6) is 0 Å². The molecule has 0 bridgehead atoms. The average Bonchev–Trinajstić information content (AvgIpc) is 3.47. The number of carbonyl (C=O) groups is 1. The summed E-state index contributed by atoms with van der Waals surface area (Å²) in [4.78, 5) is 22.3. The van der Waals surface area contributed by atoms with Crippen LogP contribution in [0.2, 0.25) is 0 Å². The van der Waals surface area contributed by atoms with Gasteiger partial charge in [0.2, 0.25) is 0 Å². The zero-order valence-corrected chi connectivity index (χ0v) is 21.4. The number of halogens is 1. The largest absolute Gasteiger partial charge is 0.373 e. The second-order valence-corrected chi connectivity index (χ2v) is 9.50. The lowest BCUT2D eigenvalue weighted by molar-refractivity contribution is 0.01000. The van der Waals surface area contributed by atoms with Gasteiger partial charge in [-0.3, -0.25) is 9.78 Å². The molecule has 11 nitrogen and oxygen atoms in total. The molecule has 4 aromatic rings. The Kier molecular flexibility index (Phi) is 7.75. The number of hydrogen-bond acceptors (Lipinski definition) is 9. The zero-order valence-electron chi connectivity index (χ0n) is 21.4. The molecule has 1 aliphatic carbocycles. The summed E-state index contributed by atoms with van der Waals surface area (Å²) >= 11 is 0. The molecular formula is C27H30FN9O2. The predicted octanol–water partition coefficient (Wildman–Crippen LogP) is 3.22. The predicted molar refractivity (Wildman–Crippen MR) is 144 cm³/mol. The molecule has 0 spiro atoms. The van der Waals surface area contributed by atoms with Crippen molar-refractivity contribution in [1.82, 2.24) is 25.0 Å². The first-order valence-electron chi connectivity index (χ1n) is 12.7. The number of anilines is 3. The zero-order chi connectivity index (χ0) is 27.4. The Hall–Kier alpha value is -4.42. The molecule has 3 aromatic heterocycles. The fraction of sp³-hybridized carbons (Fsp3) is 0.296. The lowest BCUT2D eigenvalue weighted by Gasteiger charge is -2.34. The molecule has 1 amide bonds. The van der Waals surface area contributed by atoms with Crippen LogP contribution >= 0.6 is 0 Å². The van der Waals surface area contributed by atoms with E-state index in [0.717, 1.165) is 18.1 Å². The number of rotatable bonds is 9. The van der Waals surface area contributed by atoms with Crippen LogP contribution in [0.15, 0.2) is 61.1 Å². The smallest absolute Gasteiger partial charge is 0.252 e. The third-order valence-electron chi connectivity index (χ3n) is 6.70. The minimum Gasteiger partial charge on any atom is -0.373 e. The van der Waals surface area contributed by atoms with Crippen LogP contribution in [0.1, 0.15) is 40.9 Å². The number of pyridine rings is 2. The van der Waals surface area contributed by atoms with Crippen molar-refractivity contribution < 1.29 is 13.9 Å². The number of carbonyl (C=O) groups excluding carboxylic acids is 1. The Bertz CT molecular complexity index is 1430. The molecule has 1 aromatic carbocycles. The van der Waals surface area contributed by atoms with Crippen LogP contribution in [0.25, 0.3) is 5.69 Å². The molecule has 0 saturated heterocycles. The third-order valence-corrected chi connectivity index (χ3v) is 6.70. The summed E-state index contributed by atoms with van der Waals surface area (Å²) in [6.45, 7) is 2.34. The lowest BCUT2D eigenvalue weighted by Crippen LogP contribution is -2.47. The van der Waals surface area contributed by atoms with E-state index in [-0.39, 0.29) is 35.4 Å². The highest BCUT2D eigenvalue weighted by atomic mass is 19.1. The van der Waals surface area contributed by atoms with E-state index in [1.54, 1.807) is 24.7 Å². The second-order valence-electron chi connectivity index (χ2n) is 9.50. The van der Waals surface area contributed by atoms with Gasteiger partial charge in [-0.2, -0.15) is 10.2 Å². The van der Waals surface area contributed by atoms with Crippen molar-refractivity contribution >= 4 is 23.2 Å². The fourth-order valence-electron chi connectivity index (χ4n) is 4.60. The Morgan fingerprint density at radius 3 is 2.64 bits per heavy atom. The first-order valence-corrected chi connectivity index (χ1v) is 12.7. The van der Waals surface area contributed by atoms with Gasteiger partial charge in [0.15, 0.2) is 11.6 Å². The first-order chi connectivity index (χ1) is 18.9. The maximum absolute atomic E-state index is 15.0. The number of benzene rings is 1. The second kappa shape index (κ2) is 11.5. The summed E-state index contributed by atoms with van der Waals surface area (Å²) in [6.07, 6.45) is 6.75. The minimum atomic E-state index is -0.822. The molecule has 1 aliphatic rings. The van der Waals surface area contributed by atoms with E-state index in [1.165, 1.54) is 4.80 Å². The van der Waals surface area contributed by atoms with Gasteiger partial charge in [-0.25, -0.2) is 9.37 Å². The molecular weight excluding hydrogens is 501 g/mol. The number of aromatic nitrogens is 5. The molecule has 0 radical (unpaired) electrons. The van der Waals surface area contributed by atoms with E-state index in [1.807, 2.05) is 37.3 Å². The molecule has 6 N–H and O–H groups in total. The van der Waals surface area contributed by atoms with Crippen LogP contribution in [0.3, 0.4) is 0 Å². The molecule has 0 aliphatic heterocycles. The Balaban J connectivity index is 1.30. The van der Waals surface area contributed by atoms with Crippen molar-refractivity contribution in [1.29, 1.82) is 0 Å². The van der Waals surface area contributed by atoms with Gasteiger partial charge in [-0.15, -0.1) is 4.80 Å². The SMILES string of the molecule is Cc1ncc(Nc2nc(NC3CCC(OCc4ccccc4)CC3N)c(F)cc2C(N)=O)cc1-n1nccn1. The number of amides is 1. The Morgan fingerprint density at radius 2 is 1.92 bits per heavy atom. The molecule has 39 heavy (non-hydrogen) atoms. The van der Waals surface area contributed by atoms with Gasteiger partial charge in [0.25, 0.3) is 5.91 Å². The van der Waals surface area contributed by atoms with Crippen LogP contribution in [-0.2, 0) is 11.3 Å². The summed E-state index contributed by atoms with van der Waals surface area (Å²) in [5.74, 6) is -1.46. The Labute approximate surface area is 224 Å². The van der Waals surface area contributed by atoms with Gasteiger partial charge in [-0.05, 0) is 43.9 Å². The van der Waals surface area contributed by atoms with Crippen LogP contribution in [-0.4, -0.2) is 49.1 Å². The van der Waals surface area contributed by atoms with Gasteiger partial charge in [0.05, 0.1) is 48.2 Å². The molecule has 202 valence electrons. The standard InChI is InChI=1S/C27H30FN9O2/c1-16-24(37-32-9-10-33-37)11-18(14-31-16)34-26-20(25(30)38)13-21(28)27(36-26)35-23-8-7-19(12-22(23)29)39-15-17-5-3-2-4-6-17/h2-6,9-11,13-14,19,22-23H,7-8,12,15,29H2,1H3,(H2,30,38)(H2,34,35,36). The molecule has 3 heterocycles. The lowest BCUT2D eigenvalue weighted by atomic mass is 9.88. The van der Waals surface area contributed by atoms with Gasteiger partial charge < -0.3 is 26.8 Å². The summed E-state index contributed by atoms with van der Waals surface area (Å²) in [6, 6.07) is 12.3. The van der Waals surface area contributed by atoms with E-state index in [9.17, 15) is 4.79 Å². The summed E-state index contributed by atoms with van der Waals surface area (Å²) < 4.78 is 21.1. The third kappa shape index (κ3) is 6.19. The van der Waals surface area contributed by atoms with Gasteiger partial charge in [0, 0.05) is 12.1 Å². The van der Waals surface area contributed by atoms with Crippen molar-refractivity contribution in [3.63, 3.8) is 0 Å². The summed E-state index contributed by atoms with van der Waals surface area (Å²) in [5, 5.41) is 14.4. The van der Waals surface area contributed by atoms with Crippen molar-refractivity contribution in [3.8, 4) is 5.69 Å². The van der Waals surface area contributed by atoms with Crippen LogP contribution in [0.4, 0.5) is 21.7 Å². The highest BCUT2D eigenvalue weighted by molar-refractivity contribution is 5.98. The normalized spacial score (nSPS) is 19.0. The highest BCUT2D eigenvalue weighted by Crippen LogP contribution is 2.28. The first kappa shape index (κ1) is 26.2. The molecule has 1 saturated carbocycles. The van der Waals surface area contributed by atoms with E-state index in [0.29, 0.717) is 36.5 Å². The summed E-state index contributed by atoms with van der Waals surface area (Å²) in [7, 11) is 0. The maximum Gasteiger partial charge on any atom is 0.252 e. The topological polar surface area (TPSA) is 159 Å². The van der Waals surface area contributed by atoms with E-state index in [2.05, 4.69) is 30.8 Å². The highest BCUT2D eigenvalue weighted by Gasteiger charge is 2.30. The minimum absolute atomic E-state index is 0.0121. The molecule has 12 heteroatoms. The molecule has 3 unspecified atom stereocenters. The van der Waals surface area contributed by atoms with Crippen molar-refractivity contribution in [2.75, 3.05) is 10.6 Å². The number of primary amides is 1. The number of ether oxygens (including phenoxy) is 1. The van der Waals surface area contributed by atoms with Crippen molar-refractivity contribution in [2.24, 2.45) is 11.5 Å². The monoisotopic (exact) mass is 531 g/mol. The van der Waals surface area contributed by atoms with Crippen LogP contribution < -0.4 is 22.1 Å². The molecule has 1 fully saturated rings. The van der Waals surface area contributed by atoms with Gasteiger partial charge in [-0.1, -0.05) is 30.3 Å². The average molecular weight is 532 g/mol. The van der Waals surface area contributed by atoms with Gasteiger partial charge >= 0.3 is 0 Å². The van der Waals surface area contributed by atoms with Crippen molar-refractivity contribution in [3.05, 3.63) is 83.7 Å². The fourth-order valence-corrected chi connectivity index (χ4v) is 4.60. The number of aryl methyl sites for hydroxylation is 1. The summed E-state index contributed by atoms with van der Waals surface area (Å²) in [5.41, 5.74) is 14.8. The quantitative estimate of drug-likeness (QED) is 0.254. The number of nitrogens with one attached hydrogen (secondary N) is 2. The van der Waals surface area contributed by atoms with Crippen molar-refractivity contribution in [2.45, 2.75) is 51.0 Å². The van der Waals surface area contributed by atoms with E-state index in [4.69, 9.17) is 16.2 Å². The number of hydrogen-bond donors (Lipinski definition) is 4. The molecule has 3 atom stereocenters. The number of nitrogens with zero attached hydrogens (tertiary/aromatic N) is 5. The van der Waals surface area contributed by atoms with E-state index >= 15 is 4.39 Å². The van der Waals surface area contributed by atoms with Gasteiger partial charge in [0.1, 0.15) is 11.5 Å². The Morgan fingerprint density at radius 1 is 1.15 bits per heavy atom. The molecule has 5 rings (SSSR count). The van der Waals surface area contributed by atoms with Crippen LogP contribution in [0, 0.1) is 12.7 Å². The maximum atomic E-state index is 15.0.